The van der Waals surface area contributed by atoms with Crippen molar-refractivity contribution in [3.05, 3.63) is 93.5 Å². The Morgan fingerprint density at radius 2 is 1.87 bits per heavy atom. The largest absolute Gasteiger partial charge is 0.497 e. The number of ether oxygens (including phenoxy) is 3. The molecule has 0 aliphatic carbocycles. The summed E-state index contributed by atoms with van der Waals surface area (Å²) in [5, 5.41) is 10.6. The van der Waals surface area contributed by atoms with Gasteiger partial charge in [0.1, 0.15) is 22.7 Å². The summed E-state index contributed by atoms with van der Waals surface area (Å²) in [4.78, 5) is 31.8. The monoisotopic (exact) mass is 535 g/mol. The zero-order valence-corrected chi connectivity index (χ0v) is 22.2. The summed E-state index contributed by atoms with van der Waals surface area (Å²) < 4.78 is 32.8. The number of aromatic nitrogens is 2. The summed E-state index contributed by atoms with van der Waals surface area (Å²) in [6.07, 6.45) is 0.463. The number of fused-ring (bicyclic) bond motifs is 1. The molecule has 1 N–H and O–H groups in total. The van der Waals surface area contributed by atoms with E-state index in [1.54, 1.807) is 68.1 Å². The quantitative estimate of drug-likeness (QED) is 0.305. The molecule has 0 fully saturated rings. The van der Waals surface area contributed by atoms with Crippen molar-refractivity contribution >= 4 is 22.8 Å². The van der Waals surface area contributed by atoms with E-state index < -0.39 is 23.3 Å². The minimum Gasteiger partial charge on any atom is -0.497 e. The number of aliphatic hydroxyl groups is 1. The number of halogens is 1. The van der Waals surface area contributed by atoms with Gasteiger partial charge in [-0.15, -0.1) is 0 Å². The maximum Gasteiger partial charge on any atom is 0.343 e. The summed E-state index contributed by atoms with van der Waals surface area (Å²) >= 11 is 0. The van der Waals surface area contributed by atoms with Crippen LogP contribution in [-0.4, -0.2) is 55.0 Å². The van der Waals surface area contributed by atoms with Crippen molar-refractivity contribution in [2.45, 2.75) is 19.6 Å². The lowest BCUT2D eigenvalue weighted by Crippen LogP contribution is -2.27. The van der Waals surface area contributed by atoms with Crippen molar-refractivity contribution in [2.75, 3.05) is 39.3 Å². The van der Waals surface area contributed by atoms with E-state index in [0.29, 0.717) is 22.6 Å². The molecule has 0 bridgehead atoms. The van der Waals surface area contributed by atoms with Crippen LogP contribution in [-0.2, 0) is 11.3 Å². The van der Waals surface area contributed by atoms with Crippen LogP contribution in [0.15, 0.2) is 65.6 Å². The Morgan fingerprint density at radius 3 is 2.54 bits per heavy atom. The van der Waals surface area contributed by atoms with Crippen molar-refractivity contribution in [3.8, 4) is 11.5 Å². The molecule has 4 rings (SSSR count). The molecule has 0 saturated heterocycles. The molecule has 0 saturated carbocycles. The topological polar surface area (TPSA) is 103 Å². The van der Waals surface area contributed by atoms with Crippen LogP contribution in [0.3, 0.4) is 0 Å². The zero-order valence-electron chi connectivity index (χ0n) is 22.2. The minimum absolute atomic E-state index is 0.0525. The van der Waals surface area contributed by atoms with Gasteiger partial charge in [-0.2, -0.15) is 0 Å². The summed E-state index contributed by atoms with van der Waals surface area (Å²) in [6.45, 7) is 1.90. The zero-order chi connectivity index (χ0) is 28.1. The molecule has 2 heterocycles. The maximum absolute atomic E-state index is 15.4. The number of hydrogen-bond acceptors (Lipinski definition) is 8. The van der Waals surface area contributed by atoms with Gasteiger partial charge in [0, 0.05) is 31.4 Å². The van der Waals surface area contributed by atoms with Gasteiger partial charge in [-0.3, -0.25) is 4.79 Å². The number of carbonyl (C=O) groups is 1. The molecule has 1 unspecified atom stereocenters. The van der Waals surface area contributed by atoms with E-state index in [4.69, 9.17) is 14.2 Å². The van der Waals surface area contributed by atoms with Gasteiger partial charge in [-0.05, 0) is 30.7 Å². The van der Waals surface area contributed by atoms with Crippen LogP contribution in [0, 0.1) is 5.82 Å². The van der Waals surface area contributed by atoms with E-state index in [2.05, 4.69) is 4.98 Å². The van der Waals surface area contributed by atoms with Gasteiger partial charge >= 0.3 is 5.97 Å². The van der Waals surface area contributed by atoms with Crippen LogP contribution in [0.5, 0.6) is 11.5 Å². The molecule has 10 heteroatoms. The van der Waals surface area contributed by atoms with Gasteiger partial charge in [0.25, 0.3) is 0 Å². The Kier molecular flexibility index (Phi) is 8.46. The highest BCUT2D eigenvalue weighted by atomic mass is 19.1. The molecule has 0 spiro atoms. The van der Waals surface area contributed by atoms with E-state index in [-0.39, 0.29) is 42.1 Å². The van der Waals surface area contributed by atoms with Crippen molar-refractivity contribution in [3.63, 3.8) is 0 Å². The number of pyridine rings is 2. The van der Waals surface area contributed by atoms with Crippen LogP contribution in [0.1, 0.15) is 34.5 Å². The third kappa shape index (κ3) is 5.85. The number of rotatable bonds is 10. The number of hydrogen-bond donors (Lipinski definition) is 1. The average molecular weight is 536 g/mol. The van der Waals surface area contributed by atoms with Gasteiger partial charge < -0.3 is 28.8 Å². The summed E-state index contributed by atoms with van der Waals surface area (Å²) in [5.41, 5.74) is 0.611. The first-order valence-electron chi connectivity index (χ1n) is 12.3. The first-order chi connectivity index (χ1) is 18.8. The Hall–Kier alpha value is -4.44. The summed E-state index contributed by atoms with van der Waals surface area (Å²) in [6, 6.07) is 15.3. The number of carbonyl (C=O) groups excluding carboxylic acids is 1. The van der Waals surface area contributed by atoms with E-state index in [0.717, 1.165) is 6.07 Å². The van der Waals surface area contributed by atoms with Crippen LogP contribution < -0.4 is 19.8 Å². The number of nitrogens with zero attached hydrogens (tertiary/aromatic N) is 3. The molecule has 0 amide bonds. The molecule has 0 aliphatic rings. The number of methoxy groups -OCH3 is 2. The lowest BCUT2D eigenvalue weighted by molar-refractivity contribution is 0.0524. The highest BCUT2D eigenvalue weighted by Gasteiger charge is 2.22. The van der Waals surface area contributed by atoms with E-state index in [1.165, 1.54) is 18.2 Å². The molecule has 2 aromatic carbocycles. The minimum atomic E-state index is -0.898. The molecule has 204 valence electrons. The molecular weight excluding hydrogens is 505 g/mol. The predicted molar refractivity (Wildman–Crippen MR) is 145 cm³/mol. The normalized spacial score (nSPS) is 11.7. The number of aliphatic hydroxyl groups excluding tert-OH is 1. The molecule has 0 aliphatic heterocycles. The van der Waals surface area contributed by atoms with Gasteiger partial charge in [-0.1, -0.05) is 30.3 Å². The van der Waals surface area contributed by atoms with Crippen LogP contribution in [0.4, 0.5) is 10.2 Å². The fraction of sp³-hybridized carbons (Fsp3) is 0.276. The number of esters is 1. The standard InChI is InChI=1S/C29H30FN3O6/c1-5-39-29(36)22-16-33(15-19-11-12-20(37-3)13-25(19)38-4)27-21(26(22)35)14-23(30)28(31-27)32(2)17-24(34)18-9-7-6-8-10-18/h6-14,16,24,34H,5,15,17H2,1-4H3. The number of likely N-dealkylation sites (N-methyl/N-ethyl adjacent to an activating group) is 1. The van der Waals surface area contributed by atoms with E-state index in [9.17, 15) is 14.7 Å². The molecule has 0 radical (unpaired) electrons. The van der Waals surface area contributed by atoms with Gasteiger partial charge in [0.15, 0.2) is 11.6 Å². The van der Waals surface area contributed by atoms with Crippen LogP contribution in [0.25, 0.3) is 11.0 Å². The SMILES string of the molecule is CCOC(=O)c1cn(Cc2ccc(OC)cc2OC)c2nc(N(C)CC(O)c3ccccc3)c(F)cc2c1=O. The Balaban J connectivity index is 1.83. The first kappa shape index (κ1) is 27.6. The Bertz CT molecular complexity index is 1540. The maximum atomic E-state index is 15.4. The number of benzene rings is 2. The van der Waals surface area contributed by atoms with Crippen molar-refractivity contribution in [1.82, 2.24) is 9.55 Å². The summed E-state index contributed by atoms with van der Waals surface area (Å²) in [7, 11) is 4.66. The van der Waals surface area contributed by atoms with Crippen molar-refractivity contribution in [1.29, 1.82) is 0 Å². The van der Waals surface area contributed by atoms with Crippen molar-refractivity contribution in [2.24, 2.45) is 0 Å². The third-order valence-electron chi connectivity index (χ3n) is 6.31. The second kappa shape index (κ2) is 12.0. The fourth-order valence-electron chi connectivity index (χ4n) is 4.31. The van der Waals surface area contributed by atoms with Gasteiger partial charge in [0.2, 0.25) is 5.43 Å². The van der Waals surface area contributed by atoms with Gasteiger partial charge in [-0.25, -0.2) is 14.2 Å². The van der Waals surface area contributed by atoms with Crippen LogP contribution in [0.2, 0.25) is 0 Å². The second-order valence-corrected chi connectivity index (χ2v) is 8.87. The Morgan fingerprint density at radius 1 is 1.13 bits per heavy atom. The van der Waals surface area contributed by atoms with Gasteiger partial charge in [0.05, 0.1) is 38.9 Å². The second-order valence-electron chi connectivity index (χ2n) is 8.87. The molecule has 4 aromatic rings. The lowest BCUT2D eigenvalue weighted by atomic mass is 10.1. The van der Waals surface area contributed by atoms with Crippen molar-refractivity contribution < 1.29 is 28.5 Å². The summed E-state index contributed by atoms with van der Waals surface area (Å²) in [5.74, 6) is -0.529. The predicted octanol–water partition coefficient (Wildman–Crippen LogP) is 3.95. The molecule has 9 nitrogen and oxygen atoms in total. The molecule has 1 atom stereocenters. The Labute approximate surface area is 225 Å². The highest BCUT2D eigenvalue weighted by Crippen LogP contribution is 2.28. The molecular formula is C29H30FN3O6. The molecule has 39 heavy (non-hydrogen) atoms. The lowest BCUT2D eigenvalue weighted by Gasteiger charge is -2.23. The molecule has 2 aromatic heterocycles. The highest BCUT2D eigenvalue weighted by molar-refractivity contribution is 5.93. The van der Waals surface area contributed by atoms with Crippen LogP contribution >= 0.6 is 0 Å². The van der Waals surface area contributed by atoms with E-state index >= 15 is 4.39 Å². The number of anilines is 1. The first-order valence-corrected chi connectivity index (χ1v) is 12.3. The average Bonchev–Trinajstić information content (AvgIpc) is 2.94. The van der Waals surface area contributed by atoms with E-state index in [1.807, 2.05) is 6.07 Å². The fourth-order valence-corrected chi connectivity index (χ4v) is 4.31. The third-order valence-corrected chi connectivity index (χ3v) is 6.31. The smallest absolute Gasteiger partial charge is 0.343 e.